The molecule has 1 aromatic carbocycles. The van der Waals surface area contributed by atoms with Crippen LogP contribution in [-0.4, -0.2) is 53.5 Å². The van der Waals surface area contributed by atoms with Crippen LogP contribution in [0.2, 0.25) is 0 Å². The summed E-state index contributed by atoms with van der Waals surface area (Å²) < 4.78 is 7.18. The predicted molar refractivity (Wildman–Crippen MR) is 88.7 cm³/mol. The molecule has 23 heavy (non-hydrogen) atoms. The van der Waals surface area contributed by atoms with Gasteiger partial charge in [-0.15, -0.1) is 11.6 Å². The standard InChI is InChI=1S/C16H18ClN3O3/c17-10-15(21)18-13-1-2-14-12(9-13)3-4-20(14)11-16(22)19-5-7-23-8-6-19/h1-4,9H,5-8,10-11H2,(H,18,21). The number of amides is 2. The molecule has 1 fully saturated rings. The van der Waals surface area contributed by atoms with Crippen molar-refractivity contribution in [1.82, 2.24) is 9.47 Å². The van der Waals surface area contributed by atoms with E-state index in [1.165, 1.54) is 0 Å². The van der Waals surface area contributed by atoms with Crippen molar-refractivity contribution in [2.24, 2.45) is 0 Å². The first-order valence-corrected chi connectivity index (χ1v) is 8.01. The Morgan fingerprint density at radius 2 is 2.00 bits per heavy atom. The molecule has 3 rings (SSSR count). The third-order valence-corrected chi connectivity index (χ3v) is 4.09. The van der Waals surface area contributed by atoms with Gasteiger partial charge in [-0.2, -0.15) is 0 Å². The van der Waals surface area contributed by atoms with Gasteiger partial charge in [0.05, 0.1) is 13.2 Å². The largest absolute Gasteiger partial charge is 0.378 e. The van der Waals surface area contributed by atoms with Crippen molar-refractivity contribution in [2.45, 2.75) is 6.54 Å². The van der Waals surface area contributed by atoms with E-state index in [4.69, 9.17) is 16.3 Å². The van der Waals surface area contributed by atoms with Crippen molar-refractivity contribution in [3.63, 3.8) is 0 Å². The highest BCUT2D eigenvalue weighted by molar-refractivity contribution is 6.29. The first-order chi connectivity index (χ1) is 11.2. The molecule has 0 saturated carbocycles. The van der Waals surface area contributed by atoms with Crippen molar-refractivity contribution in [2.75, 3.05) is 37.5 Å². The van der Waals surface area contributed by atoms with Crippen LogP contribution < -0.4 is 5.32 Å². The molecule has 1 aliphatic heterocycles. The van der Waals surface area contributed by atoms with Crippen LogP contribution in [0.5, 0.6) is 0 Å². The lowest BCUT2D eigenvalue weighted by Gasteiger charge is -2.27. The SMILES string of the molecule is O=C(CCl)Nc1ccc2c(ccn2CC(=O)N2CCOCC2)c1. The lowest BCUT2D eigenvalue weighted by molar-refractivity contribution is -0.135. The second-order valence-electron chi connectivity index (χ2n) is 5.39. The number of rotatable bonds is 4. The van der Waals surface area contributed by atoms with Gasteiger partial charge in [-0.25, -0.2) is 0 Å². The molecule has 2 aromatic rings. The Bertz CT molecular complexity index is 722. The predicted octanol–water partition coefficient (Wildman–Crippen LogP) is 1.68. The molecule has 0 atom stereocenters. The number of hydrogen-bond donors (Lipinski definition) is 1. The quantitative estimate of drug-likeness (QED) is 0.865. The molecule has 7 heteroatoms. The first-order valence-electron chi connectivity index (χ1n) is 7.47. The molecule has 2 amide bonds. The average Bonchev–Trinajstić information content (AvgIpc) is 2.97. The molecule has 1 saturated heterocycles. The number of carbonyl (C=O) groups excluding carboxylic acids is 2. The van der Waals surface area contributed by atoms with Gasteiger partial charge in [-0.3, -0.25) is 9.59 Å². The van der Waals surface area contributed by atoms with Crippen molar-refractivity contribution in [3.05, 3.63) is 30.5 Å². The van der Waals surface area contributed by atoms with E-state index in [1.807, 2.05) is 39.9 Å². The molecule has 0 unspecified atom stereocenters. The molecule has 1 aliphatic rings. The topological polar surface area (TPSA) is 63.6 Å². The molecule has 1 N–H and O–H groups in total. The number of nitrogens with zero attached hydrogens (tertiary/aromatic N) is 2. The Kier molecular flexibility index (Phi) is 4.83. The normalized spacial score (nSPS) is 14.9. The molecule has 6 nitrogen and oxygen atoms in total. The fourth-order valence-corrected chi connectivity index (χ4v) is 2.74. The van der Waals surface area contributed by atoms with Crippen molar-refractivity contribution >= 4 is 40.0 Å². The second kappa shape index (κ2) is 7.02. The lowest BCUT2D eigenvalue weighted by atomic mass is 10.2. The molecule has 2 heterocycles. The number of hydrogen-bond acceptors (Lipinski definition) is 3. The maximum absolute atomic E-state index is 12.3. The van der Waals surface area contributed by atoms with Gasteiger partial charge >= 0.3 is 0 Å². The summed E-state index contributed by atoms with van der Waals surface area (Å²) in [6.07, 6.45) is 1.89. The van der Waals surface area contributed by atoms with Gasteiger partial charge < -0.3 is 19.5 Å². The Morgan fingerprint density at radius 1 is 1.22 bits per heavy atom. The third-order valence-electron chi connectivity index (χ3n) is 3.85. The molecular formula is C16H18ClN3O3. The highest BCUT2D eigenvalue weighted by Crippen LogP contribution is 2.21. The first kappa shape index (κ1) is 15.8. The molecule has 1 aromatic heterocycles. The number of halogens is 1. The van der Waals surface area contributed by atoms with Crippen molar-refractivity contribution < 1.29 is 14.3 Å². The van der Waals surface area contributed by atoms with Gasteiger partial charge in [0.25, 0.3) is 0 Å². The van der Waals surface area contributed by atoms with Gasteiger partial charge in [0.15, 0.2) is 0 Å². The van der Waals surface area contributed by atoms with Crippen LogP contribution in [0.15, 0.2) is 30.5 Å². The molecule has 0 radical (unpaired) electrons. The number of carbonyl (C=O) groups is 2. The van der Waals surface area contributed by atoms with Crippen LogP contribution in [0.1, 0.15) is 0 Å². The summed E-state index contributed by atoms with van der Waals surface area (Å²) >= 11 is 5.49. The minimum atomic E-state index is -0.243. The summed E-state index contributed by atoms with van der Waals surface area (Å²) in [6, 6.07) is 7.50. The summed E-state index contributed by atoms with van der Waals surface area (Å²) in [5, 5.41) is 3.68. The van der Waals surface area contributed by atoms with Crippen LogP contribution in [0.3, 0.4) is 0 Å². The van der Waals surface area contributed by atoms with E-state index >= 15 is 0 Å². The minimum Gasteiger partial charge on any atom is -0.378 e. The van der Waals surface area contributed by atoms with Gasteiger partial charge in [-0.05, 0) is 24.3 Å². The number of alkyl halides is 1. The number of ether oxygens (including phenoxy) is 1. The molecule has 0 spiro atoms. The fraction of sp³-hybridized carbons (Fsp3) is 0.375. The number of fused-ring (bicyclic) bond motifs is 1. The monoisotopic (exact) mass is 335 g/mol. The van der Waals surface area contributed by atoms with Gasteiger partial charge in [0.2, 0.25) is 11.8 Å². The molecule has 0 bridgehead atoms. The summed E-state index contributed by atoms with van der Waals surface area (Å²) in [5.41, 5.74) is 1.65. The summed E-state index contributed by atoms with van der Waals surface area (Å²) in [7, 11) is 0. The number of benzene rings is 1. The Morgan fingerprint density at radius 3 is 2.74 bits per heavy atom. The van der Waals surface area contributed by atoms with Gasteiger partial charge in [0, 0.05) is 35.9 Å². The number of anilines is 1. The number of aromatic nitrogens is 1. The maximum Gasteiger partial charge on any atom is 0.242 e. The molecule has 0 aliphatic carbocycles. The third kappa shape index (κ3) is 3.65. The highest BCUT2D eigenvalue weighted by atomic mass is 35.5. The minimum absolute atomic E-state index is 0.0763. The van der Waals surface area contributed by atoms with E-state index in [0.717, 1.165) is 10.9 Å². The Balaban J connectivity index is 1.74. The Hall–Kier alpha value is -2.05. The van der Waals surface area contributed by atoms with Crippen molar-refractivity contribution in [1.29, 1.82) is 0 Å². The summed E-state index contributed by atoms with van der Waals surface area (Å²) in [6.45, 7) is 2.79. The summed E-state index contributed by atoms with van der Waals surface area (Å²) in [4.78, 5) is 25.5. The lowest BCUT2D eigenvalue weighted by Crippen LogP contribution is -2.42. The van der Waals surface area contributed by atoms with E-state index in [2.05, 4.69) is 5.32 Å². The number of nitrogens with one attached hydrogen (secondary N) is 1. The summed E-state index contributed by atoms with van der Waals surface area (Å²) in [5.74, 6) is -0.231. The maximum atomic E-state index is 12.3. The van der Waals surface area contributed by atoms with E-state index in [9.17, 15) is 9.59 Å². The van der Waals surface area contributed by atoms with Gasteiger partial charge in [-0.1, -0.05) is 0 Å². The zero-order chi connectivity index (χ0) is 16.2. The van der Waals surface area contributed by atoms with Crippen LogP contribution >= 0.6 is 11.6 Å². The van der Waals surface area contributed by atoms with Crippen LogP contribution in [0.25, 0.3) is 10.9 Å². The van der Waals surface area contributed by atoms with E-state index in [1.54, 1.807) is 0 Å². The smallest absolute Gasteiger partial charge is 0.242 e. The van der Waals surface area contributed by atoms with Crippen LogP contribution in [0.4, 0.5) is 5.69 Å². The fourth-order valence-electron chi connectivity index (χ4n) is 2.67. The zero-order valence-electron chi connectivity index (χ0n) is 12.6. The zero-order valence-corrected chi connectivity index (χ0v) is 13.4. The van der Waals surface area contributed by atoms with E-state index in [0.29, 0.717) is 38.5 Å². The van der Waals surface area contributed by atoms with Gasteiger partial charge in [0.1, 0.15) is 12.4 Å². The number of morpholine rings is 1. The molecular weight excluding hydrogens is 318 g/mol. The van der Waals surface area contributed by atoms with Crippen LogP contribution in [-0.2, 0) is 20.9 Å². The Labute approximate surface area is 138 Å². The van der Waals surface area contributed by atoms with Crippen LogP contribution in [0, 0.1) is 0 Å². The average molecular weight is 336 g/mol. The highest BCUT2D eigenvalue weighted by Gasteiger charge is 2.17. The van der Waals surface area contributed by atoms with E-state index < -0.39 is 0 Å². The second-order valence-corrected chi connectivity index (χ2v) is 5.66. The van der Waals surface area contributed by atoms with Crippen molar-refractivity contribution in [3.8, 4) is 0 Å². The van der Waals surface area contributed by atoms with E-state index in [-0.39, 0.29) is 17.7 Å². The molecule has 122 valence electrons.